The van der Waals surface area contributed by atoms with E-state index in [4.69, 9.17) is 0 Å². The molecule has 0 bridgehead atoms. The minimum atomic E-state index is 0.265. The minimum Gasteiger partial charge on any atom is -0.309 e. The molecule has 1 unspecified atom stereocenters. The molecule has 1 fully saturated rings. The molecule has 0 heterocycles. The van der Waals surface area contributed by atoms with Gasteiger partial charge in [0.15, 0.2) is 0 Å². The highest BCUT2D eigenvalue weighted by atomic mass is 15.0. The molecule has 15 heavy (non-hydrogen) atoms. The molecule has 0 aromatic heterocycles. The summed E-state index contributed by atoms with van der Waals surface area (Å²) in [7, 11) is 0. The molecule has 1 aliphatic carbocycles. The molecule has 0 aromatic rings. The first kappa shape index (κ1) is 13.0. The van der Waals surface area contributed by atoms with Gasteiger partial charge in [-0.1, -0.05) is 26.2 Å². The van der Waals surface area contributed by atoms with Gasteiger partial charge in [-0.15, -0.1) is 0 Å². The summed E-state index contributed by atoms with van der Waals surface area (Å²) in [6, 6.07) is 0.683. The molecule has 1 rings (SSSR count). The van der Waals surface area contributed by atoms with Gasteiger partial charge < -0.3 is 5.32 Å². The second-order valence-corrected chi connectivity index (χ2v) is 6.37. The van der Waals surface area contributed by atoms with Crippen LogP contribution in [0, 0.1) is 11.8 Å². The Morgan fingerprint density at radius 3 is 2.07 bits per heavy atom. The summed E-state index contributed by atoms with van der Waals surface area (Å²) in [5.41, 5.74) is 0.265. The van der Waals surface area contributed by atoms with E-state index in [0.29, 0.717) is 6.04 Å². The van der Waals surface area contributed by atoms with Gasteiger partial charge in [0.05, 0.1) is 0 Å². The molecule has 1 heteroatoms. The fourth-order valence-corrected chi connectivity index (χ4v) is 2.90. The Labute approximate surface area is 96.0 Å². The summed E-state index contributed by atoms with van der Waals surface area (Å²) in [4.78, 5) is 0. The number of rotatable bonds is 3. The Bertz CT molecular complexity index is 172. The highest BCUT2D eigenvalue weighted by Crippen LogP contribution is 2.32. The van der Waals surface area contributed by atoms with E-state index in [0.717, 1.165) is 11.8 Å². The quantitative estimate of drug-likeness (QED) is 0.744. The summed E-state index contributed by atoms with van der Waals surface area (Å²) in [5.74, 6) is 1.93. The van der Waals surface area contributed by atoms with Crippen LogP contribution in [0.3, 0.4) is 0 Å². The molecule has 0 spiro atoms. The summed E-state index contributed by atoms with van der Waals surface area (Å²) < 4.78 is 0. The molecule has 1 aliphatic rings. The zero-order valence-corrected chi connectivity index (χ0v) is 11.3. The minimum absolute atomic E-state index is 0.265. The van der Waals surface area contributed by atoms with Crippen LogP contribution in [0.4, 0.5) is 0 Å². The van der Waals surface area contributed by atoms with Crippen LogP contribution in [0.1, 0.15) is 66.7 Å². The third kappa shape index (κ3) is 4.55. The molecule has 90 valence electrons. The second kappa shape index (κ2) is 5.34. The van der Waals surface area contributed by atoms with Crippen molar-refractivity contribution in [3.05, 3.63) is 0 Å². The monoisotopic (exact) mass is 211 g/mol. The molecule has 1 saturated carbocycles. The van der Waals surface area contributed by atoms with Crippen LogP contribution in [0.5, 0.6) is 0 Å². The number of hydrogen-bond donors (Lipinski definition) is 1. The van der Waals surface area contributed by atoms with Crippen LogP contribution in [-0.4, -0.2) is 11.6 Å². The van der Waals surface area contributed by atoms with Crippen molar-refractivity contribution in [1.82, 2.24) is 5.32 Å². The smallest absolute Gasteiger partial charge is 0.00990 e. The average molecular weight is 211 g/mol. The van der Waals surface area contributed by atoms with Crippen molar-refractivity contribution in [2.75, 3.05) is 0 Å². The molecule has 1 nitrogen and oxygen atoms in total. The zero-order chi connectivity index (χ0) is 11.5. The number of nitrogens with one attached hydrogen (secondary N) is 1. The highest BCUT2D eigenvalue weighted by molar-refractivity contribution is 4.83. The van der Waals surface area contributed by atoms with Crippen LogP contribution < -0.4 is 5.32 Å². The van der Waals surface area contributed by atoms with Gasteiger partial charge in [0, 0.05) is 11.6 Å². The van der Waals surface area contributed by atoms with Crippen LogP contribution >= 0.6 is 0 Å². The van der Waals surface area contributed by atoms with Gasteiger partial charge in [0.25, 0.3) is 0 Å². The second-order valence-electron chi connectivity index (χ2n) is 6.37. The van der Waals surface area contributed by atoms with Gasteiger partial charge in [-0.3, -0.25) is 0 Å². The van der Waals surface area contributed by atoms with Gasteiger partial charge >= 0.3 is 0 Å². The zero-order valence-electron chi connectivity index (χ0n) is 11.3. The lowest BCUT2D eigenvalue weighted by molar-refractivity contribution is 0.203. The lowest BCUT2D eigenvalue weighted by Crippen LogP contribution is -2.46. The molecule has 0 aliphatic heterocycles. The predicted octanol–water partition coefficient (Wildman–Crippen LogP) is 3.98. The van der Waals surface area contributed by atoms with Crippen molar-refractivity contribution in [2.24, 2.45) is 11.8 Å². The van der Waals surface area contributed by atoms with Crippen LogP contribution in [-0.2, 0) is 0 Å². The average Bonchev–Trinajstić information content (AvgIpc) is 2.15. The van der Waals surface area contributed by atoms with E-state index in [9.17, 15) is 0 Å². The Balaban J connectivity index is 2.33. The first-order chi connectivity index (χ1) is 6.92. The lowest BCUT2D eigenvalue weighted by atomic mass is 9.77. The fourth-order valence-electron chi connectivity index (χ4n) is 2.90. The van der Waals surface area contributed by atoms with Crippen molar-refractivity contribution in [2.45, 2.75) is 78.3 Å². The molecule has 0 saturated heterocycles. The van der Waals surface area contributed by atoms with E-state index >= 15 is 0 Å². The topological polar surface area (TPSA) is 12.0 Å². The molecule has 0 amide bonds. The molecule has 1 N–H and O–H groups in total. The van der Waals surface area contributed by atoms with Crippen molar-refractivity contribution in [1.29, 1.82) is 0 Å². The highest BCUT2D eigenvalue weighted by Gasteiger charge is 2.26. The Morgan fingerprint density at radius 2 is 1.67 bits per heavy atom. The van der Waals surface area contributed by atoms with Gasteiger partial charge in [0.1, 0.15) is 0 Å². The maximum absolute atomic E-state index is 3.72. The molecular weight excluding hydrogens is 182 g/mol. The van der Waals surface area contributed by atoms with E-state index in [-0.39, 0.29) is 5.54 Å². The largest absolute Gasteiger partial charge is 0.309 e. The third-order valence-electron chi connectivity index (χ3n) is 3.84. The van der Waals surface area contributed by atoms with E-state index in [1.165, 1.54) is 32.1 Å². The Morgan fingerprint density at radius 1 is 1.13 bits per heavy atom. The third-order valence-corrected chi connectivity index (χ3v) is 3.84. The maximum Gasteiger partial charge on any atom is 0.00990 e. The van der Waals surface area contributed by atoms with Crippen molar-refractivity contribution in [3.63, 3.8) is 0 Å². The van der Waals surface area contributed by atoms with Crippen LogP contribution in [0.25, 0.3) is 0 Å². The molecular formula is C14H29N. The standard InChI is InChI=1S/C14H29N/c1-6-12-7-9-13(10-8-12)11(2)15-14(3,4)5/h11-13,15H,6-10H2,1-5H3. The lowest BCUT2D eigenvalue weighted by Gasteiger charge is -2.36. The Hall–Kier alpha value is -0.0400. The normalized spacial score (nSPS) is 30.2. The molecule has 1 atom stereocenters. The van der Waals surface area contributed by atoms with Crippen molar-refractivity contribution >= 4 is 0 Å². The van der Waals surface area contributed by atoms with E-state index in [2.05, 4.69) is 39.9 Å². The van der Waals surface area contributed by atoms with Crippen molar-refractivity contribution < 1.29 is 0 Å². The van der Waals surface area contributed by atoms with Crippen LogP contribution in [0.15, 0.2) is 0 Å². The number of hydrogen-bond acceptors (Lipinski definition) is 1. The van der Waals surface area contributed by atoms with E-state index < -0.39 is 0 Å². The van der Waals surface area contributed by atoms with Crippen molar-refractivity contribution in [3.8, 4) is 0 Å². The first-order valence-electron chi connectivity index (χ1n) is 6.70. The maximum atomic E-state index is 3.72. The van der Waals surface area contributed by atoms with E-state index in [1.807, 2.05) is 0 Å². The fraction of sp³-hybridized carbons (Fsp3) is 1.00. The predicted molar refractivity (Wildman–Crippen MR) is 68.1 cm³/mol. The summed E-state index contributed by atoms with van der Waals surface area (Å²) in [6.45, 7) is 11.5. The summed E-state index contributed by atoms with van der Waals surface area (Å²) in [5, 5.41) is 3.72. The van der Waals surface area contributed by atoms with Gasteiger partial charge in [-0.2, -0.15) is 0 Å². The Kier molecular flexibility index (Phi) is 4.64. The molecule has 0 radical (unpaired) electrons. The van der Waals surface area contributed by atoms with Gasteiger partial charge in [-0.05, 0) is 52.4 Å². The molecule has 0 aromatic carbocycles. The van der Waals surface area contributed by atoms with Gasteiger partial charge in [-0.25, -0.2) is 0 Å². The summed E-state index contributed by atoms with van der Waals surface area (Å²) >= 11 is 0. The van der Waals surface area contributed by atoms with Crippen LogP contribution in [0.2, 0.25) is 0 Å². The van der Waals surface area contributed by atoms with E-state index in [1.54, 1.807) is 0 Å². The SMILES string of the molecule is CCC1CCC(C(C)NC(C)(C)C)CC1. The first-order valence-corrected chi connectivity index (χ1v) is 6.70. The summed E-state index contributed by atoms with van der Waals surface area (Å²) in [6.07, 6.45) is 7.16. The van der Waals surface area contributed by atoms with Gasteiger partial charge in [0.2, 0.25) is 0 Å².